The lowest BCUT2D eigenvalue weighted by molar-refractivity contribution is -0.130. The number of ether oxygens (including phenoxy) is 1. The van der Waals surface area contributed by atoms with E-state index < -0.39 is 42.2 Å². The fraction of sp³-hybridized carbons (Fsp3) is 0.400. The van der Waals surface area contributed by atoms with Gasteiger partial charge in [0.25, 0.3) is 18.2 Å². The van der Waals surface area contributed by atoms with Crippen molar-refractivity contribution in [2.24, 2.45) is 0 Å². The first-order chi connectivity index (χ1) is 15.2. The van der Waals surface area contributed by atoms with Crippen LogP contribution in [-0.4, -0.2) is 57.3 Å². The molecule has 2 amide bonds. The van der Waals surface area contributed by atoms with Gasteiger partial charge in [0.2, 0.25) is 0 Å². The topological polar surface area (TPSA) is 134 Å². The van der Waals surface area contributed by atoms with E-state index >= 15 is 0 Å². The van der Waals surface area contributed by atoms with Gasteiger partial charge in [-0.05, 0) is 24.6 Å². The predicted molar refractivity (Wildman–Crippen MR) is 108 cm³/mol. The summed E-state index contributed by atoms with van der Waals surface area (Å²) in [6, 6.07) is 4.76. The molecule has 1 aliphatic rings. The molecule has 2 heterocycles. The van der Waals surface area contributed by atoms with Gasteiger partial charge in [-0.2, -0.15) is 0 Å². The quantitative estimate of drug-likeness (QED) is 0.460. The molecule has 1 aromatic carbocycles. The maximum atomic E-state index is 12.5. The number of rotatable bonds is 8. The zero-order valence-corrected chi connectivity index (χ0v) is 17.4. The van der Waals surface area contributed by atoms with Gasteiger partial charge in [0.15, 0.2) is 6.10 Å². The molecule has 9 nitrogen and oxygen atoms in total. The van der Waals surface area contributed by atoms with Crippen LogP contribution in [0.3, 0.4) is 0 Å². The van der Waals surface area contributed by atoms with Crippen LogP contribution in [0.5, 0.6) is 5.75 Å². The minimum Gasteiger partial charge on any atom is -0.480 e. The highest BCUT2D eigenvalue weighted by Gasteiger charge is 2.31. The molecule has 0 unspecified atom stereocenters. The molecule has 0 radical (unpaired) electrons. The number of aliphatic hydroxyl groups excluding tert-OH is 2. The van der Waals surface area contributed by atoms with E-state index in [1.807, 2.05) is 0 Å². The fourth-order valence-corrected chi connectivity index (χ4v) is 3.21. The molecule has 2 aromatic rings. The minimum atomic E-state index is -2.79. The molecule has 1 aromatic heterocycles. The highest BCUT2D eigenvalue weighted by molar-refractivity contribution is 6.30. The summed E-state index contributed by atoms with van der Waals surface area (Å²) in [5.41, 5.74) is -0.190. The summed E-state index contributed by atoms with van der Waals surface area (Å²) in [7, 11) is 0. The van der Waals surface area contributed by atoms with Gasteiger partial charge < -0.3 is 25.6 Å². The summed E-state index contributed by atoms with van der Waals surface area (Å²) in [6.45, 7) is -0.0397. The van der Waals surface area contributed by atoms with E-state index in [1.165, 1.54) is 0 Å². The van der Waals surface area contributed by atoms with E-state index in [0.29, 0.717) is 16.3 Å². The van der Waals surface area contributed by atoms with Gasteiger partial charge in [0.1, 0.15) is 17.1 Å². The second-order valence-corrected chi connectivity index (χ2v) is 7.55. The Kier molecular flexibility index (Phi) is 7.89. The Morgan fingerprint density at radius 1 is 1.25 bits per heavy atom. The number of aromatic nitrogens is 2. The monoisotopic (exact) mass is 470 g/mol. The maximum Gasteiger partial charge on any atom is 0.281 e. The Balaban J connectivity index is 1.40. The van der Waals surface area contributed by atoms with Crippen LogP contribution in [0.1, 0.15) is 47.1 Å². The van der Waals surface area contributed by atoms with Crippen molar-refractivity contribution in [3.63, 3.8) is 0 Å². The number of alkyl halides is 2. The number of carbonyl (C=O) groups excluding carboxylic acids is 2. The van der Waals surface area contributed by atoms with Crippen LogP contribution in [0, 0.1) is 0 Å². The first-order valence-electron chi connectivity index (χ1n) is 9.73. The maximum absolute atomic E-state index is 12.5. The molecule has 0 bridgehead atoms. The molecule has 0 fully saturated rings. The normalized spacial score (nSPS) is 18.4. The molecular formula is C20H21ClF2N4O5. The van der Waals surface area contributed by atoms with Gasteiger partial charge in [-0.15, -0.1) is 0 Å². The van der Waals surface area contributed by atoms with E-state index in [1.54, 1.807) is 18.2 Å². The zero-order chi connectivity index (χ0) is 23.3. The average molecular weight is 471 g/mol. The number of hydrogen-bond acceptors (Lipinski definition) is 7. The molecule has 12 heteroatoms. The molecule has 3 rings (SSSR count). The summed E-state index contributed by atoms with van der Waals surface area (Å²) in [4.78, 5) is 31.3. The van der Waals surface area contributed by atoms with Crippen molar-refractivity contribution >= 4 is 23.4 Å². The Hall–Kier alpha value is -2.89. The Morgan fingerprint density at radius 3 is 2.72 bits per heavy atom. The van der Waals surface area contributed by atoms with E-state index in [9.17, 15) is 28.6 Å². The summed E-state index contributed by atoms with van der Waals surface area (Å²) >= 11 is 5.91. The van der Waals surface area contributed by atoms with Crippen LogP contribution in [0.15, 0.2) is 30.6 Å². The first-order valence-corrected chi connectivity index (χ1v) is 10.1. The summed E-state index contributed by atoms with van der Waals surface area (Å²) in [5, 5.41) is 25.7. The van der Waals surface area contributed by atoms with Gasteiger partial charge in [-0.1, -0.05) is 11.6 Å². The molecule has 4 N–H and O–H groups in total. The van der Waals surface area contributed by atoms with Gasteiger partial charge in [0.05, 0.1) is 24.6 Å². The van der Waals surface area contributed by atoms with Crippen molar-refractivity contribution in [3.8, 4) is 5.75 Å². The van der Waals surface area contributed by atoms with Crippen molar-refractivity contribution in [1.29, 1.82) is 0 Å². The van der Waals surface area contributed by atoms with Gasteiger partial charge in [-0.3, -0.25) is 14.6 Å². The molecular weight excluding hydrogens is 450 g/mol. The molecule has 32 heavy (non-hydrogen) atoms. The number of halogens is 3. The fourth-order valence-electron chi connectivity index (χ4n) is 3.03. The van der Waals surface area contributed by atoms with Crippen LogP contribution < -0.4 is 15.4 Å². The number of aliphatic hydroxyl groups is 2. The summed E-state index contributed by atoms with van der Waals surface area (Å²) in [5.74, 6) is -0.749. The van der Waals surface area contributed by atoms with Crippen molar-refractivity contribution in [2.45, 2.75) is 37.6 Å². The lowest BCUT2D eigenvalue weighted by Crippen LogP contribution is -2.43. The highest BCUT2D eigenvalue weighted by atomic mass is 35.5. The minimum absolute atomic E-state index is 0.0587. The number of benzene rings is 1. The van der Waals surface area contributed by atoms with Crippen LogP contribution in [0.25, 0.3) is 0 Å². The molecule has 172 valence electrons. The standard InChI is InChI=1S/C20H21ClF2N4O5/c21-10-1-2-16-12(5-10)15(29)6-17(32-16)20(31)24-4-3-11(28)7-27-19(30)14-9-25-13(8-26-14)18(22)23/h1-2,5,8-9,11,15,17-18,28-29H,3-4,6-7H2,(H,24,31)(H,27,30)/t11-,15+,17+/m0/s1. The molecule has 0 saturated carbocycles. The first kappa shape index (κ1) is 23.8. The predicted octanol–water partition coefficient (Wildman–Crippen LogP) is 1.55. The van der Waals surface area contributed by atoms with Crippen LogP contribution in [0.2, 0.25) is 5.02 Å². The second kappa shape index (κ2) is 10.6. The third kappa shape index (κ3) is 6.09. The van der Waals surface area contributed by atoms with Crippen molar-refractivity contribution < 1.29 is 33.3 Å². The zero-order valence-electron chi connectivity index (χ0n) is 16.7. The highest BCUT2D eigenvalue weighted by Crippen LogP contribution is 2.36. The number of nitrogens with one attached hydrogen (secondary N) is 2. The number of fused-ring (bicyclic) bond motifs is 1. The van der Waals surface area contributed by atoms with Crippen LogP contribution in [-0.2, 0) is 4.79 Å². The van der Waals surface area contributed by atoms with Gasteiger partial charge in [0, 0.05) is 30.1 Å². The Morgan fingerprint density at radius 2 is 2.03 bits per heavy atom. The van der Waals surface area contributed by atoms with Gasteiger partial charge >= 0.3 is 0 Å². The van der Waals surface area contributed by atoms with Gasteiger partial charge in [-0.25, -0.2) is 13.8 Å². The number of amides is 2. The SMILES string of the molecule is O=C(NC[C@@H](O)CCNC(=O)[C@H]1C[C@@H](O)c2cc(Cl)ccc2O1)c1cnc(C(F)F)cn1. The second-order valence-electron chi connectivity index (χ2n) is 7.11. The Labute approximate surface area is 186 Å². The Bertz CT molecular complexity index is 964. The smallest absolute Gasteiger partial charge is 0.281 e. The van der Waals surface area contributed by atoms with E-state index in [4.69, 9.17) is 16.3 Å². The lowest BCUT2D eigenvalue weighted by atomic mass is 9.98. The largest absolute Gasteiger partial charge is 0.480 e. The third-order valence-corrected chi connectivity index (χ3v) is 4.97. The molecule has 1 aliphatic heterocycles. The molecule has 0 saturated heterocycles. The summed E-state index contributed by atoms with van der Waals surface area (Å²) < 4.78 is 30.5. The number of nitrogens with zero attached hydrogens (tertiary/aromatic N) is 2. The van der Waals surface area contributed by atoms with Crippen LogP contribution in [0.4, 0.5) is 8.78 Å². The summed E-state index contributed by atoms with van der Waals surface area (Å²) in [6.07, 6.45) is -3.64. The van der Waals surface area contributed by atoms with E-state index in [0.717, 1.165) is 12.4 Å². The van der Waals surface area contributed by atoms with Crippen molar-refractivity contribution in [3.05, 3.63) is 52.6 Å². The van der Waals surface area contributed by atoms with Crippen LogP contribution >= 0.6 is 11.6 Å². The molecule has 0 aliphatic carbocycles. The van der Waals surface area contributed by atoms with Crippen molar-refractivity contribution in [2.75, 3.05) is 13.1 Å². The molecule has 0 spiro atoms. The third-order valence-electron chi connectivity index (χ3n) is 4.73. The van der Waals surface area contributed by atoms with E-state index in [-0.39, 0.29) is 31.6 Å². The molecule has 3 atom stereocenters. The average Bonchev–Trinajstić information content (AvgIpc) is 2.77. The number of carbonyl (C=O) groups is 2. The number of hydrogen-bond donors (Lipinski definition) is 4. The van der Waals surface area contributed by atoms with Crippen molar-refractivity contribution in [1.82, 2.24) is 20.6 Å². The lowest BCUT2D eigenvalue weighted by Gasteiger charge is -2.29. The van der Waals surface area contributed by atoms with E-state index in [2.05, 4.69) is 20.6 Å².